The third-order valence-corrected chi connectivity index (χ3v) is 6.82. The lowest BCUT2D eigenvalue weighted by molar-refractivity contribution is -0.122. The van der Waals surface area contributed by atoms with E-state index in [1.807, 2.05) is 26.0 Å². The van der Waals surface area contributed by atoms with E-state index in [4.69, 9.17) is 11.6 Å². The standard InChI is InChI=1S/C24H19ClIN3O3/c1-13-10-19(8-9-21(13)26)28-14(2)11-16(15(28)3)12-20-22(30)27-24(32)29(23(20)31)18-6-4-17(25)5-7-18/h4-12H,1-3H3,(H,27,30,32)/b20-12-. The highest BCUT2D eigenvalue weighted by Gasteiger charge is 2.37. The van der Waals surface area contributed by atoms with E-state index < -0.39 is 17.8 Å². The number of aromatic nitrogens is 1. The Morgan fingerprint density at radius 1 is 0.938 bits per heavy atom. The van der Waals surface area contributed by atoms with Crippen molar-refractivity contribution < 1.29 is 14.4 Å². The zero-order valence-electron chi connectivity index (χ0n) is 17.6. The SMILES string of the molecule is Cc1cc(-n2c(C)cc(/C=C3/C(=O)NC(=O)N(c4ccc(Cl)cc4)C3=O)c2C)ccc1I. The van der Waals surface area contributed by atoms with Crippen molar-refractivity contribution in [2.45, 2.75) is 20.8 Å². The van der Waals surface area contributed by atoms with Crippen LogP contribution in [0.2, 0.25) is 5.02 Å². The highest BCUT2D eigenvalue weighted by atomic mass is 127. The molecule has 2 heterocycles. The number of halogens is 2. The first-order valence-corrected chi connectivity index (χ1v) is 11.3. The Morgan fingerprint density at radius 2 is 1.59 bits per heavy atom. The van der Waals surface area contributed by atoms with E-state index in [1.54, 1.807) is 24.3 Å². The Labute approximate surface area is 204 Å². The smallest absolute Gasteiger partial charge is 0.318 e. The van der Waals surface area contributed by atoms with Crippen LogP contribution in [0.25, 0.3) is 11.8 Å². The zero-order chi connectivity index (χ0) is 23.2. The number of barbiturate groups is 1. The number of rotatable bonds is 3. The van der Waals surface area contributed by atoms with Crippen molar-refractivity contribution in [3.63, 3.8) is 0 Å². The average Bonchev–Trinajstić information content (AvgIpc) is 3.01. The molecule has 3 aromatic rings. The quantitative estimate of drug-likeness (QED) is 0.268. The molecule has 1 fully saturated rings. The summed E-state index contributed by atoms with van der Waals surface area (Å²) in [6, 6.07) is 13.6. The highest BCUT2D eigenvalue weighted by molar-refractivity contribution is 14.1. The largest absolute Gasteiger partial charge is 0.335 e. The number of imide groups is 2. The molecule has 8 heteroatoms. The summed E-state index contributed by atoms with van der Waals surface area (Å²) in [6.45, 7) is 5.95. The van der Waals surface area contributed by atoms with E-state index in [-0.39, 0.29) is 5.57 Å². The molecule has 32 heavy (non-hydrogen) atoms. The molecule has 4 amide bonds. The summed E-state index contributed by atoms with van der Waals surface area (Å²) in [4.78, 5) is 39.0. The summed E-state index contributed by atoms with van der Waals surface area (Å²) in [5.74, 6) is -1.41. The number of benzene rings is 2. The molecule has 0 saturated carbocycles. The number of hydrogen-bond donors (Lipinski definition) is 1. The second-order valence-corrected chi connectivity index (χ2v) is 9.13. The third kappa shape index (κ3) is 3.98. The topological polar surface area (TPSA) is 71.4 Å². The van der Waals surface area contributed by atoms with Gasteiger partial charge in [-0.25, -0.2) is 9.69 Å². The Kier molecular flexibility index (Phi) is 5.96. The molecular weight excluding hydrogens is 541 g/mol. The van der Waals surface area contributed by atoms with Crippen molar-refractivity contribution in [3.05, 3.63) is 85.2 Å². The molecule has 1 aliphatic heterocycles. The lowest BCUT2D eigenvalue weighted by Gasteiger charge is -2.26. The number of carbonyl (C=O) groups is 3. The minimum atomic E-state index is -0.792. The summed E-state index contributed by atoms with van der Waals surface area (Å²) in [5.41, 5.74) is 4.95. The molecule has 4 rings (SSSR count). The van der Waals surface area contributed by atoms with Crippen LogP contribution in [-0.2, 0) is 9.59 Å². The van der Waals surface area contributed by atoms with Gasteiger partial charge in [-0.15, -0.1) is 0 Å². The fourth-order valence-electron chi connectivity index (χ4n) is 3.74. The molecule has 1 saturated heterocycles. The lowest BCUT2D eigenvalue weighted by Crippen LogP contribution is -2.54. The molecule has 0 atom stereocenters. The maximum absolute atomic E-state index is 13.1. The van der Waals surface area contributed by atoms with Gasteiger partial charge in [0.05, 0.1) is 5.69 Å². The van der Waals surface area contributed by atoms with Crippen LogP contribution >= 0.6 is 34.2 Å². The molecule has 0 bridgehead atoms. The fraction of sp³-hybridized carbons (Fsp3) is 0.125. The number of nitrogens with one attached hydrogen (secondary N) is 1. The molecule has 2 aromatic carbocycles. The summed E-state index contributed by atoms with van der Waals surface area (Å²) in [6.07, 6.45) is 1.53. The van der Waals surface area contributed by atoms with Crippen molar-refractivity contribution in [1.82, 2.24) is 9.88 Å². The Bertz CT molecular complexity index is 1310. The van der Waals surface area contributed by atoms with Gasteiger partial charge in [-0.3, -0.25) is 14.9 Å². The van der Waals surface area contributed by atoms with Gasteiger partial charge < -0.3 is 4.57 Å². The van der Waals surface area contributed by atoms with Gasteiger partial charge in [0, 0.05) is 25.7 Å². The molecule has 0 spiro atoms. The van der Waals surface area contributed by atoms with Crippen molar-refractivity contribution in [1.29, 1.82) is 0 Å². The van der Waals surface area contributed by atoms with E-state index in [1.165, 1.54) is 9.65 Å². The number of hydrogen-bond acceptors (Lipinski definition) is 3. The van der Waals surface area contributed by atoms with Crippen LogP contribution in [0.15, 0.2) is 54.1 Å². The predicted octanol–water partition coefficient (Wildman–Crippen LogP) is 5.33. The number of carbonyl (C=O) groups excluding carboxylic acids is 3. The number of nitrogens with zero attached hydrogens (tertiary/aromatic N) is 2. The second-order valence-electron chi connectivity index (χ2n) is 7.53. The van der Waals surface area contributed by atoms with Gasteiger partial charge in [0.2, 0.25) is 0 Å². The van der Waals surface area contributed by atoms with Crippen LogP contribution in [0.3, 0.4) is 0 Å². The van der Waals surface area contributed by atoms with Gasteiger partial charge in [-0.2, -0.15) is 0 Å². The van der Waals surface area contributed by atoms with Crippen molar-refractivity contribution in [3.8, 4) is 5.69 Å². The second kappa shape index (κ2) is 8.55. The van der Waals surface area contributed by atoms with Crippen LogP contribution in [0.5, 0.6) is 0 Å². The Hall–Kier alpha value is -2.91. The van der Waals surface area contributed by atoms with Crippen molar-refractivity contribution in [2.24, 2.45) is 0 Å². The van der Waals surface area contributed by atoms with E-state index in [0.29, 0.717) is 10.7 Å². The molecule has 1 N–H and O–H groups in total. The first-order valence-electron chi connectivity index (χ1n) is 9.80. The lowest BCUT2D eigenvalue weighted by atomic mass is 10.1. The first kappa shape index (κ1) is 22.3. The molecule has 6 nitrogen and oxygen atoms in total. The van der Waals surface area contributed by atoms with Crippen LogP contribution in [0.4, 0.5) is 10.5 Å². The molecule has 1 aliphatic rings. The maximum Gasteiger partial charge on any atom is 0.335 e. The summed E-state index contributed by atoms with van der Waals surface area (Å²) >= 11 is 8.21. The number of urea groups is 1. The van der Waals surface area contributed by atoms with E-state index >= 15 is 0 Å². The van der Waals surface area contributed by atoms with Crippen LogP contribution in [-0.4, -0.2) is 22.4 Å². The van der Waals surface area contributed by atoms with Gasteiger partial charge in [-0.1, -0.05) is 11.6 Å². The molecule has 162 valence electrons. The first-order chi connectivity index (χ1) is 15.2. The van der Waals surface area contributed by atoms with Crippen molar-refractivity contribution in [2.75, 3.05) is 4.90 Å². The maximum atomic E-state index is 13.1. The summed E-state index contributed by atoms with van der Waals surface area (Å²) in [7, 11) is 0. The Morgan fingerprint density at radius 3 is 2.25 bits per heavy atom. The van der Waals surface area contributed by atoms with Gasteiger partial charge in [-0.05, 0) is 109 Å². The average molecular weight is 560 g/mol. The third-order valence-electron chi connectivity index (χ3n) is 5.36. The predicted molar refractivity (Wildman–Crippen MR) is 133 cm³/mol. The van der Waals surface area contributed by atoms with Gasteiger partial charge in [0.25, 0.3) is 11.8 Å². The van der Waals surface area contributed by atoms with E-state index in [9.17, 15) is 14.4 Å². The van der Waals surface area contributed by atoms with Crippen LogP contribution in [0, 0.1) is 24.3 Å². The van der Waals surface area contributed by atoms with Crippen LogP contribution < -0.4 is 10.2 Å². The monoisotopic (exact) mass is 559 g/mol. The Balaban J connectivity index is 1.76. The fourth-order valence-corrected chi connectivity index (χ4v) is 4.20. The number of aryl methyl sites for hydroxylation is 2. The molecule has 0 aliphatic carbocycles. The van der Waals surface area contributed by atoms with Crippen LogP contribution in [0.1, 0.15) is 22.5 Å². The molecule has 0 unspecified atom stereocenters. The summed E-state index contributed by atoms with van der Waals surface area (Å²) < 4.78 is 3.25. The van der Waals surface area contributed by atoms with Crippen molar-refractivity contribution >= 4 is 63.8 Å². The minimum Gasteiger partial charge on any atom is -0.318 e. The van der Waals surface area contributed by atoms with E-state index in [2.05, 4.69) is 51.5 Å². The number of amides is 4. The molecular formula is C24H19ClIN3O3. The van der Waals surface area contributed by atoms with Gasteiger partial charge >= 0.3 is 6.03 Å². The number of anilines is 1. The van der Waals surface area contributed by atoms with Gasteiger partial charge in [0.15, 0.2) is 0 Å². The normalized spacial score (nSPS) is 15.5. The summed E-state index contributed by atoms with van der Waals surface area (Å²) in [5, 5.41) is 2.72. The molecule has 1 aromatic heterocycles. The minimum absolute atomic E-state index is 0.112. The highest BCUT2D eigenvalue weighted by Crippen LogP contribution is 2.27. The molecule has 0 radical (unpaired) electrons. The zero-order valence-corrected chi connectivity index (χ0v) is 20.5. The van der Waals surface area contributed by atoms with Gasteiger partial charge in [0.1, 0.15) is 5.57 Å². The van der Waals surface area contributed by atoms with E-state index in [0.717, 1.165) is 33.1 Å².